The Hall–Kier alpha value is -1.57. The Kier molecular flexibility index (Phi) is 5.44. The van der Waals surface area contributed by atoms with E-state index in [-0.39, 0.29) is 24.1 Å². The molecule has 22 heavy (non-hydrogen) atoms. The third-order valence-corrected chi connectivity index (χ3v) is 3.63. The summed E-state index contributed by atoms with van der Waals surface area (Å²) in [5, 5.41) is 6.16. The number of aryl methyl sites for hydroxylation is 1. The van der Waals surface area contributed by atoms with Crippen molar-refractivity contribution in [3.05, 3.63) is 45.4 Å². The molecule has 2 aromatic heterocycles. The van der Waals surface area contributed by atoms with Gasteiger partial charge in [-0.2, -0.15) is 0 Å². The van der Waals surface area contributed by atoms with Crippen molar-refractivity contribution in [3.63, 3.8) is 0 Å². The van der Waals surface area contributed by atoms with Crippen LogP contribution < -0.4 is 20.9 Å². The number of rotatable bonds is 4. The van der Waals surface area contributed by atoms with Crippen LogP contribution in [0, 0.1) is 0 Å². The molecule has 118 valence electrons. The minimum atomic E-state index is -0.110. The van der Waals surface area contributed by atoms with Crippen LogP contribution in [-0.4, -0.2) is 28.7 Å². The topological polar surface area (TPSA) is 68.2 Å². The summed E-state index contributed by atoms with van der Waals surface area (Å²) in [7, 11) is 1.70. The molecule has 0 aromatic carbocycles. The van der Waals surface area contributed by atoms with Gasteiger partial charge >= 0.3 is 0 Å². The van der Waals surface area contributed by atoms with E-state index in [4.69, 9.17) is 4.74 Å². The molecule has 6 nitrogen and oxygen atoms in total. The van der Waals surface area contributed by atoms with Crippen molar-refractivity contribution in [2.45, 2.75) is 6.10 Å². The minimum Gasteiger partial charge on any atom is -0.486 e. The molecular weight excluding hydrogens is 372 g/mol. The lowest BCUT2D eigenvalue weighted by atomic mass is 10.2. The van der Waals surface area contributed by atoms with E-state index in [1.807, 2.05) is 6.07 Å². The number of halogens is 2. The molecule has 3 rings (SSSR count). The van der Waals surface area contributed by atoms with Crippen molar-refractivity contribution >= 4 is 39.8 Å². The van der Waals surface area contributed by atoms with E-state index in [0.29, 0.717) is 11.5 Å². The summed E-state index contributed by atoms with van der Waals surface area (Å²) in [6.45, 7) is 1.74. The van der Waals surface area contributed by atoms with Gasteiger partial charge in [-0.25, -0.2) is 4.98 Å². The van der Waals surface area contributed by atoms with E-state index < -0.39 is 0 Å². The molecule has 8 heteroatoms. The zero-order valence-corrected chi connectivity index (χ0v) is 14.3. The van der Waals surface area contributed by atoms with Crippen LogP contribution in [0.1, 0.15) is 0 Å². The molecule has 1 fully saturated rings. The monoisotopic (exact) mass is 386 g/mol. The Morgan fingerprint density at radius 3 is 2.82 bits per heavy atom. The zero-order chi connectivity index (χ0) is 14.8. The molecule has 0 unspecified atom stereocenters. The quantitative estimate of drug-likeness (QED) is 0.840. The SMILES string of the molecule is Cl.Cn1cc(Br)cc(Nc2ccc(OC3CNC3)cn2)c1=O. The summed E-state index contributed by atoms with van der Waals surface area (Å²) in [6.07, 6.45) is 3.59. The standard InChI is InChI=1S/C14H15BrN4O2.ClH/c1-19-8-9(15)4-12(14(19)20)18-13-3-2-10(7-17-13)21-11-5-16-6-11;/h2-4,7-8,11,16H,5-6H2,1H3,(H,17,18);1H. The highest BCUT2D eigenvalue weighted by molar-refractivity contribution is 9.10. The van der Waals surface area contributed by atoms with Gasteiger partial charge in [0.25, 0.3) is 5.56 Å². The summed E-state index contributed by atoms with van der Waals surface area (Å²) < 4.78 is 8.02. The van der Waals surface area contributed by atoms with Crippen LogP contribution in [0.4, 0.5) is 11.5 Å². The maximum Gasteiger partial charge on any atom is 0.274 e. The first-order valence-electron chi connectivity index (χ1n) is 6.58. The number of nitrogens with zero attached hydrogens (tertiary/aromatic N) is 2. The van der Waals surface area contributed by atoms with E-state index in [1.54, 1.807) is 31.6 Å². The fourth-order valence-electron chi connectivity index (χ4n) is 1.96. The highest BCUT2D eigenvalue weighted by Crippen LogP contribution is 2.18. The summed E-state index contributed by atoms with van der Waals surface area (Å²) in [5.41, 5.74) is 0.358. The van der Waals surface area contributed by atoms with Crippen molar-refractivity contribution in [1.82, 2.24) is 14.9 Å². The number of nitrogens with one attached hydrogen (secondary N) is 2. The third kappa shape index (κ3) is 3.79. The first-order chi connectivity index (χ1) is 10.1. The first kappa shape index (κ1) is 16.8. The highest BCUT2D eigenvalue weighted by Gasteiger charge is 2.18. The predicted molar refractivity (Wildman–Crippen MR) is 91.4 cm³/mol. The number of ether oxygens (including phenoxy) is 1. The van der Waals surface area contributed by atoms with Gasteiger partial charge in [-0.3, -0.25) is 4.79 Å². The predicted octanol–water partition coefficient (Wildman–Crippen LogP) is 2.06. The van der Waals surface area contributed by atoms with E-state index in [1.165, 1.54) is 4.57 Å². The summed E-state index contributed by atoms with van der Waals surface area (Å²) >= 11 is 3.37. The fraction of sp³-hybridized carbons (Fsp3) is 0.286. The molecule has 0 aliphatic carbocycles. The molecule has 3 heterocycles. The zero-order valence-electron chi connectivity index (χ0n) is 11.9. The van der Waals surface area contributed by atoms with Crippen molar-refractivity contribution in [3.8, 4) is 5.75 Å². The van der Waals surface area contributed by atoms with Gasteiger partial charge in [-0.05, 0) is 34.1 Å². The maximum absolute atomic E-state index is 12.0. The average molecular weight is 388 g/mol. The summed E-state index contributed by atoms with van der Waals surface area (Å²) in [4.78, 5) is 16.3. The van der Waals surface area contributed by atoms with Crippen LogP contribution in [-0.2, 0) is 7.05 Å². The highest BCUT2D eigenvalue weighted by atomic mass is 79.9. The summed E-state index contributed by atoms with van der Waals surface area (Å²) in [6, 6.07) is 5.37. The van der Waals surface area contributed by atoms with Crippen LogP contribution >= 0.6 is 28.3 Å². The van der Waals surface area contributed by atoms with Gasteiger partial charge in [-0.15, -0.1) is 12.4 Å². The fourth-order valence-corrected chi connectivity index (χ4v) is 2.50. The van der Waals surface area contributed by atoms with Gasteiger partial charge in [0, 0.05) is 30.8 Å². The molecule has 0 bridgehead atoms. The number of anilines is 2. The van der Waals surface area contributed by atoms with Gasteiger partial charge in [-0.1, -0.05) is 0 Å². The van der Waals surface area contributed by atoms with Crippen molar-refractivity contribution in [2.24, 2.45) is 7.05 Å². The minimum absolute atomic E-state index is 0. The van der Waals surface area contributed by atoms with Gasteiger partial charge < -0.3 is 19.9 Å². The lowest BCUT2D eigenvalue weighted by Crippen LogP contribution is -2.50. The van der Waals surface area contributed by atoms with Gasteiger partial charge in [0.05, 0.1) is 6.20 Å². The van der Waals surface area contributed by atoms with E-state index >= 15 is 0 Å². The molecule has 0 saturated carbocycles. The second-order valence-corrected chi connectivity index (χ2v) is 5.81. The van der Waals surface area contributed by atoms with Crippen LogP contribution in [0.3, 0.4) is 0 Å². The van der Waals surface area contributed by atoms with Crippen molar-refractivity contribution in [2.75, 3.05) is 18.4 Å². The summed E-state index contributed by atoms with van der Waals surface area (Å²) in [5.74, 6) is 1.33. The Morgan fingerprint density at radius 2 is 2.23 bits per heavy atom. The van der Waals surface area contributed by atoms with E-state index in [9.17, 15) is 4.79 Å². The molecule has 0 amide bonds. The lowest BCUT2D eigenvalue weighted by Gasteiger charge is -2.27. The Bertz CT molecular complexity index is 701. The largest absolute Gasteiger partial charge is 0.486 e. The van der Waals surface area contributed by atoms with Crippen LogP contribution in [0.15, 0.2) is 39.9 Å². The molecular formula is C14H16BrClN4O2. The number of hydrogen-bond donors (Lipinski definition) is 2. The normalized spacial score (nSPS) is 13.9. The van der Waals surface area contributed by atoms with Gasteiger partial charge in [0.15, 0.2) is 0 Å². The second kappa shape index (κ2) is 7.13. The first-order valence-corrected chi connectivity index (χ1v) is 7.38. The molecule has 2 aromatic rings. The lowest BCUT2D eigenvalue weighted by molar-refractivity contribution is 0.142. The van der Waals surface area contributed by atoms with Crippen molar-refractivity contribution < 1.29 is 4.74 Å². The molecule has 1 aliphatic rings. The number of pyridine rings is 2. The average Bonchev–Trinajstić information content (AvgIpc) is 2.41. The Labute approximate surface area is 142 Å². The Morgan fingerprint density at radius 1 is 1.45 bits per heavy atom. The smallest absolute Gasteiger partial charge is 0.274 e. The van der Waals surface area contributed by atoms with Crippen molar-refractivity contribution in [1.29, 1.82) is 0 Å². The maximum atomic E-state index is 12.0. The van der Waals surface area contributed by atoms with E-state index in [2.05, 4.69) is 31.5 Å². The second-order valence-electron chi connectivity index (χ2n) is 4.89. The molecule has 0 spiro atoms. The number of aromatic nitrogens is 2. The third-order valence-electron chi connectivity index (χ3n) is 3.20. The van der Waals surface area contributed by atoms with Gasteiger partial charge in [0.1, 0.15) is 23.4 Å². The Balaban J connectivity index is 0.00000176. The van der Waals surface area contributed by atoms with Gasteiger partial charge in [0.2, 0.25) is 0 Å². The molecule has 0 atom stereocenters. The van der Waals surface area contributed by atoms with Crippen LogP contribution in [0.2, 0.25) is 0 Å². The van der Waals surface area contributed by atoms with Crippen LogP contribution in [0.5, 0.6) is 5.75 Å². The molecule has 2 N–H and O–H groups in total. The molecule has 1 aliphatic heterocycles. The molecule has 0 radical (unpaired) electrons. The molecule has 1 saturated heterocycles. The number of hydrogen-bond acceptors (Lipinski definition) is 5. The van der Waals surface area contributed by atoms with Crippen LogP contribution in [0.25, 0.3) is 0 Å². The van der Waals surface area contributed by atoms with E-state index in [0.717, 1.165) is 23.3 Å².